The Bertz CT molecular complexity index is 1360. The van der Waals surface area contributed by atoms with Crippen molar-refractivity contribution >= 4 is 23.4 Å². The highest BCUT2D eigenvalue weighted by Crippen LogP contribution is 2.51. The van der Waals surface area contributed by atoms with Gasteiger partial charge in [-0.2, -0.15) is 0 Å². The van der Waals surface area contributed by atoms with Gasteiger partial charge in [0.1, 0.15) is 11.8 Å². The number of nitro groups is 1. The van der Waals surface area contributed by atoms with E-state index < -0.39 is 40.8 Å². The molecule has 1 aliphatic rings. The number of carbonyl (C=O) groups excluding carboxylic acids is 3. The minimum Gasteiger partial charge on any atom is -0.497 e. The molecule has 1 aliphatic heterocycles. The first kappa shape index (κ1) is 27.3. The van der Waals surface area contributed by atoms with E-state index in [9.17, 15) is 24.5 Å². The van der Waals surface area contributed by atoms with Crippen LogP contribution in [0.25, 0.3) is 0 Å². The van der Waals surface area contributed by atoms with Crippen molar-refractivity contribution in [1.29, 1.82) is 0 Å². The minimum absolute atomic E-state index is 0.139. The number of likely N-dealkylation sites (tertiary alicyclic amines) is 1. The summed E-state index contributed by atoms with van der Waals surface area (Å²) in [5.74, 6) is -2.30. The Kier molecular flexibility index (Phi) is 7.94. The normalized spacial score (nSPS) is 20.5. The summed E-state index contributed by atoms with van der Waals surface area (Å²) >= 11 is 0. The summed E-state index contributed by atoms with van der Waals surface area (Å²) < 4.78 is 5.29. The molecule has 4 unspecified atom stereocenters. The Balaban J connectivity index is 1.97. The Hall–Kier alpha value is -4.73. The number of nitro benzene ring substituents is 1. The summed E-state index contributed by atoms with van der Waals surface area (Å²) in [7, 11) is 1.53. The number of ketones is 1. The molecule has 39 heavy (non-hydrogen) atoms. The standard InChI is InChI=1S/C29H30N4O6/c1-17(2)31-29(36)32-25(19-11-15-22(39-3)16-12-19)24(27(34)20-7-5-4-6-8-20)23(26(32)28(30)35)18-9-13-21(14-10-18)33(37)38/h4-17,23-26H,1-3H3,(H2,30,35)(H,31,36). The first-order valence-electron chi connectivity index (χ1n) is 12.5. The van der Waals surface area contributed by atoms with Gasteiger partial charge >= 0.3 is 6.03 Å². The summed E-state index contributed by atoms with van der Waals surface area (Å²) in [5.41, 5.74) is 7.31. The molecule has 0 spiro atoms. The van der Waals surface area contributed by atoms with E-state index in [1.54, 1.807) is 68.4 Å². The number of hydrogen-bond donors (Lipinski definition) is 2. The van der Waals surface area contributed by atoms with Gasteiger partial charge in [0, 0.05) is 29.7 Å². The summed E-state index contributed by atoms with van der Waals surface area (Å²) in [6.07, 6.45) is 0. The van der Waals surface area contributed by atoms with Gasteiger partial charge in [-0.25, -0.2) is 4.79 Å². The van der Waals surface area contributed by atoms with Gasteiger partial charge in [-0.05, 0) is 37.1 Å². The molecule has 1 heterocycles. The van der Waals surface area contributed by atoms with Gasteiger partial charge in [-0.15, -0.1) is 0 Å². The van der Waals surface area contributed by atoms with Crippen LogP contribution in [0.2, 0.25) is 0 Å². The number of Topliss-reactive ketones (excluding diaryl/α,β-unsaturated/α-hetero) is 1. The smallest absolute Gasteiger partial charge is 0.318 e. The van der Waals surface area contributed by atoms with E-state index in [2.05, 4.69) is 5.32 Å². The fourth-order valence-corrected chi connectivity index (χ4v) is 5.28. The Morgan fingerprint density at radius 2 is 1.54 bits per heavy atom. The molecule has 10 heteroatoms. The van der Waals surface area contributed by atoms with Crippen LogP contribution in [0.5, 0.6) is 5.75 Å². The molecule has 0 aromatic heterocycles. The van der Waals surface area contributed by atoms with Crippen LogP contribution in [0.15, 0.2) is 78.9 Å². The maximum Gasteiger partial charge on any atom is 0.318 e. The summed E-state index contributed by atoms with van der Waals surface area (Å²) in [6.45, 7) is 3.58. The number of non-ortho nitro benzene ring substituents is 1. The monoisotopic (exact) mass is 530 g/mol. The SMILES string of the molecule is COc1ccc(C2C(C(=O)c3ccccc3)C(c3ccc([N+](=O)[O-])cc3)C(C(N)=O)N2C(=O)NC(C)C)cc1. The second-order valence-electron chi connectivity index (χ2n) is 9.71. The molecule has 4 atom stereocenters. The van der Waals surface area contributed by atoms with Gasteiger partial charge < -0.3 is 20.7 Å². The number of carbonyl (C=O) groups is 3. The lowest BCUT2D eigenvalue weighted by Crippen LogP contribution is -2.51. The highest BCUT2D eigenvalue weighted by atomic mass is 16.6. The largest absolute Gasteiger partial charge is 0.497 e. The predicted octanol–water partition coefficient (Wildman–Crippen LogP) is 4.21. The zero-order chi connectivity index (χ0) is 28.3. The van der Waals surface area contributed by atoms with Gasteiger partial charge in [0.25, 0.3) is 5.69 Å². The van der Waals surface area contributed by atoms with Crippen molar-refractivity contribution in [3.05, 3.63) is 106 Å². The van der Waals surface area contributed by atoms with Crippen LogP contribution in [-0.2, 0) is 4.79 Å². The number of nitrogens with zero attached hydrogens (tertiary/aromatic N) is 2. The minimum atomic E-state index is -1.21. The number of hydrogen-bond acceptors (Lipinski definition) is 6. The van der Waals surface area contributed by atoms with Crippen molar-refractivity contribution in [3.8, 4) is 5.75 Å². The van der Waals surface area contributed by atoms with Crippen LogP contribution < -0.4 is 15.8 Å². The topological polar surface area (TPSA) is 145 Å². The van der Waals surface area contributed by atoms with E-state index in [1.807, 2.05) is 0 Å². The van der Waals surface area contributed by atoms with Gasteiger partial charge in [0.15, 0.2) is 5.78 Å². The fraction of sp³-hybridized carbons (Fsp3) is 0.276. The average molecular weight is 531 g/mol. The molecule has 0 saturated carbocycles. The molecule has 202 valence electrons. The van der Waals surface area contributed by atoms with Crippen molar-refractivity contribution in [2.45, 2.75) is 37.9 Å². The number of benzene rings is 3. The molecular weight excluding hydrogens is 500 g/mol. The molecule has 3 N–H and O–H groups in total. The quantitative estimate of drug-likeness (QED) is 0.253. The van der Waals surface area contributed by atoms with Gasteiger partial charge in [-0.3, -0.25) is 19.7 Å². The number of ether oxygens (including phenoxy) is 1. The predicted molar refractivity (Wildman–Crippen MR) is 144 cm³/mol. The summed E-state index contributed by atoms with van der Waals surface area (Å²) in [5, 5.41) is 14.1. The molecule has 3 aromatic carbocycles. The first-order valence-corrected chi connectivity index (χ1v) is 12.5. The number of urea groups is 1. The van der Waals surface area contributed by atoms with Crippen molar-refractivity contribution in [2.24, 2.45) is 11.7 Å². The van der Waals surface area contributed by atoms with Crippen LogP contribution in [-0.4, -0.2) is 46.7 Å². The van der Waals surface area contributed by atoms with Crippen LogP contribution >= 0.6 is 0 Å². The van der Waals surface area contributed by atoms with Crippen LogP contribution in [0.1, 0.15) is 47.3 Å². The molecule has 3 aromatic rings. The van der Waals surface area contributed by atoms with E-state index in [0.29, 0.717) is 22.4 Å². The third-order valence-corrected chi connectivity index (χ3v) is 6.91. The van der Waals surface area contributed by atoms with E-state index in [4.69, 9.17) is 10.5 Å². The molecule has 10 nitrogen and oxygen atoms in total. The van der Waals surface area contributed by atoms with Crippen LogP contribution in [0.3, 0.4) is 0 Å². The maximum absolute atomic E-state index is 14.2. The number of nitrogens with one attached hydrogen (secondary N) is 1. The molecule has 0 aliphatic carbocycles. The lowest BCUT2D eigenvalue weighted by Gasteiger charge is -2.31. The fourth-order valence-electron chi connectivity index (χ4n) is 5.28. The first-order chi connectivity index (χ1) is 18.6. The number of amides is 3. The number of methoxy groups -OCH3 is 1. The van der Waals surface area contributed by atoms with Gasteiger partial charge in [0.2, 0.25) is 5.91 Å². The molecule has 4 rings (SSSR count). The third kappa shape index (κ3) is 5.45. The summed E-state index contributed by atoms with van der Waals surface area (Å²) in [6, 6.07) is 18.3. The molecule has 1 saturated heterocycles. The van der Waals surface area contributed by atoms with Gasteiger partial charge in [0.05, 0.1) is 24.0 Å². The molecule has 0 bridgehead atoms. The second kappa shape index (κ2) is 11.3. The highest BCUT2D eigenvalue weighted by molar-refractivity contribution is 6.01. The van der Waals surface area contributed by atoms with E-state index in [-0.39, 0.29) is 17.5 Å². The van der Waals surface area contributed by atoms with Crippen molar-refractivity contribution in [2.75, 3.05) is 7.11 Å². The average Bonchev–Trinajstić information content (AvgIpc) is 3.29. The maximum atomic E-state index is 14.2. The molecular formula is C29H30N4O6. The van der Waals surface area contributed by atoms with Gasteiger partial charge in [-0.1, -0.05) is 54.6 Å². The van der Waals surface area contributed by atoms with Crippen LogP contribution in [0, 0.1) is 16.0 Å². The Morgan fingerprint density at radius 3 is 2.05 bits per heavy atom. The number of primary amides is 1. The number of nitrogens with two attached hydrogens (primary N) is 1. The Morgan fingerprint density at radius 1 is 0.949 bits per heavy atom. The molecule has 1 fully saturated rings. The van der Waals surface area contributed by atoms with Crippen molar-refractivity contribution in [3.63, 3.8) is 0 Å². The second-order valence-corrected chi connectivity index (χ2v) is 9.71. The third-order valence-electron chi connectivity index (χ3n) is 6.91. The molecule has 3 amide bonds. The zero-order valence-electron chi connectivity index (χ0n) is 21.8. The van der Waals surface area contributed by atoms with Crippen molar-refractivity contribution in [1.82, 2.24) is 10.2 Å². The zero-order valence-corrected chi connectivity index (χ0v) is 21.8. The summed E-state index contributed by atoms with van der Waals surface area (Å²) in [4.78, 5) is 53.1. The highest BCUT2D eigenvalue weighted by Gasteiger charge is 2.57. The van der Waals surface area contributed by atoms with Crippen LogP contribution in [0.4, 0.5) is 10.5 Å². The van der Waals surface area contributed by atoms with E-state index >= 15 is 0 Å². The van der Waals surface area contributed by atoms with E-state index in [1.165, 1.54) is 36.3 Å². The number of rotatable bonds is 8. The van der Waals surface area contributed by atoms with Crippen molar-refractivity contribution < 1.29 is 24.0 Å². The molecule has 0 radical (unpaired) electrons. The lowest BCUT2D eigenvalue weighted by molar-refractivity contribution is -0.384. The van der Waals surface area contributed by atoms with E-state index in [0.717, 1.165) is 0 Å². The lowest BCUT2D eigenvalue weighted by atomic mass is 9.76. The Labute approximate surface area is 225 Å².